The first-order valence-electron chi connectivity index (χ1n) is 7.63. The Kier molecular flexibility index (Phi) is 4.36. The molecule has 0 bridgehead atoms. The number of hydrogen-bond donors (Lipinski definition) is 1. The first kappa shape index (κ1) is 15.2. The molecule has 1 atom stereocenters. The minimum Gasteiger partial charge on any atom is -0.364 e. The summed E-state index contributed by atoms with van der Waals surface area (Å²) in [6.07, 6.45) is 2.88. The highest BCUT2D eigenvalue weighted by atomic mass is 16.2. The van der Waals surface area contributed by atoms with Crippen molar-refractivity contribution in [2.45, 2.75) is 19.4 Å². The van der Waals surface area contributed by atoms with Crippen LogP contribution in [0.3, 0.4) is 0 Å². The summed E-state index contributed by atoms with van der Waals surface area (Å²) in [6, 6.07) is 10.1. The van der Waals surface area contributed by atoms with E-state index in [0.717, 1.165) is 13.0 Å². The number of hydrogen-bond acceptors (Lipinski definition) is 4. The summed E-state index contributed by atoms with van der Waals surface area (Å²) in [4.78, 5) is 25.0. The highest BCUT2D eigenvalue weighted by Crippen LogP contribution is 2.19. The normalized spacial score (nSPS) is 17.7. The first-order valence-corrected chi connectivity index (χ1v) is 7.63. The Bertz CT molecular complexity index is 698. The van der Waals surface area contributed by atoms with Gasteiger partial charge in [0.2, 0.25) is 5.91 Å². The van der Waals surface area contributed by atoms with Crippen LogP contribution in [-0.2, 0) is 17.8 Å². The molecular formula is C16H19N5O2. The lowest BCUT2D eigenvalue weighted by Gasteiger charge is -2.16. The Morgan fingerprint density at radius 2 is 2.09 bits per heavy atom. The van der Waals surface area contributed by atoms with Crippen LogP contribution in [0.1, 0.15) is 22.5 Å². The van der Waals surface area contributed by atoms with Crippen molar-refractivity contribution in [1.29, 1.82) is 0 Å². The standard InChI is InChI=1S/C16H19N5O2/c17-16(23)14-11-21(19-18-14)10-13-8-15(22)20(9-13)7-6-12-4-2-1-3-5-12/h1-5,11,13H,6-10H2,(H2,17,23). The minimum absolute atomic E-state index is 0.148. The molecule has 2 heterocycles. The molecule has 1 saturated heterocycles. The minimum atomic E-state index is -0.594. The number of nitrogens with zero attached hydrogens (tertiary/aromatic N) is 4. The summed E-state index contributed by atoms with van der Waals surface area (Å²) >= 11 is 0. The third-order valence-electron chi connectivity index (χ3n) is 4.04. The molecule has 0 aliphatic carbocycles. The van der Waals surface area contributed by atoms with Gasteiger partial charge in [-0.3, -0.25) is 14.3 Å². The fourth-order valence-corrected chi connectivity index (χ4v) is 2.87. The van der Waals surface area contributed by atoms with Gasteiger partial charge in [-0.2, -0.15) is 0 Å². The summed E-state index contributed by atoms with van der Waals surface area (Å²) < 4.78 is 1.58. The molecule has 2 amide bonds. The number of likely N-dealkylation sites (tertiary alicyclic amines) is 1. The number of carbonyl (C=O) groups is 2. The number of aromatic nitrogens is 3. The summed E-state index contributed by atoms with van der Waals surface area (Å²) in [7, 11) is 0. The van der Waals surface area contributed by atoms with Crippen LogP contribution in [-0.4, -0.2) is 44.8 Å². The number of primary amides is 1. The molecule has 7 nitrogen and oxygen atoms in total. The number of nitrogens with two attached hydrogens (primary N) is 1. The molecule has 1 aromatic carbocycles. The number of rotatable bonds is 6. The maximum absolute atomic E-state index is 12.1. The van der Waals surface area contributed by atoms with Gasteiger partial charge in [0.05, 0.1) is 6.20 Å². The summed E-state index contributed by atoms with van der Waals surface area (Å²) in [5.41, 5.74) is 6.53. The van der Waals surface area contributed by atoms with E-state index in [9.17, 15) is 9.59 Å². The lowest BCUT2D eigenvalue weighted by molar-refractivity contribution is -0.127. The van der Waals surface area contributed by atoms with Crippen LogP contribution >= 0.6 is 0 Å². The summed E-state index contributed by atoms with van der Waals surface area (Å²) in [5, 5.41) is 7.59. The van der Waals surface area contributed by atoms with E-state index in [1.807, 2.05) is 23.1 Å². The largest absolute Gasteiger partial charge is 0.364 e. The Labute approximate surface area is 134 Å². The molecule has 2 aromatic rings. The number of carbonyl (C=O) groups excluding carboxylic acids is 2. The van der Waals surface area contributed by atoms with Gasteiger partial charge in [-0.15, -0.1) is 5.10 Å². The maximum atomic E-state index is 12.1. The van der Waals surface area contributed by atoms with E-state index in [1.54, 1.807) is 4.68 Å². The van der Waals surface area contributed by atoms with E-state index in [0.29, 0.717) is 19.5 Å². The van der Waals surface area contributed by atoms with E-state index in [2.05, 4.69) is 22.4 Å². The predicted molar refractivity (Wildman–Crippen MR) is 83.4 cm³/mol. The zero-order valence-electron chi connectivity index (χ0n) is 12.8. The van der Waals surface area contributed by atoms with Gasteiger partial charge >= 0.3 is 0 Å². The van der Waals surface area contributed by atoms with Crippen molar-refractivity contribution >= 4 is 11.8 Å². The van der Waals surface area contributed by atoms with E-state index < -0.39 is 5.91 Å². The zero-order valence-corrected chi connectivity index (χ0v) is 12.8. The Morgan fingerprint density at radius 3 is 2.78 bits per heavy atom. The van der Waals surface area contributed by atoms with E-state index in [-0.39, 0.29) is 17.5 Å². The molecule has 3 rings (SSSR count). The van der Waals surface area contributed by atoms with Crippen LogP contribution in [0.2, 0.25) is 0 Å². The van der Waals surface area contributed by atoms with E-state index >= 15 is 0 Å². The second kappa shape index (κ2) is 6.60. The smallest absolute Gasteiger partial charge is 0.270 e. The van der Waals surface area contributed by atoms with Crippen molar-refractivity contribution in [3.8, 4) is 0 Å². The van der Waals surface area contributed by atoms with Gasteiger partial charge in [-0.05, 0) is 12.0 Å². The van der Waals surface area contributed by atoms with E-state index in [4.69, 9.17) is 5.73 Å². The van der Waals surface area contributed by atoms with Gasteiger partial charge in [0.15, 0.2) is 5.69 Å². The van der Waals surface area contributed by atoms with Crippen molar-refractivity contribution < 1.29 is 9.59 Å². The zero-order chi connectivity index (χ0) is 16.2. The fourth-order valence-electron chi connectivity index (χ4n) is 2.87. The monoisotopic (exact) mass is 313 g/mol. The molecule has 1 fully saturated rings. The van der Waals surface area contributed by atoms with E-state index in [1.165, 1.54) is 11.8 Å². The topological polar surface area (TPSA) is 94.1 Å². The Morgan fingerprint density at radius 1 is 1.30 bits per heavy atom. The molecule has 1 aliphatic heterocycles. The number of benzene rings is 1. The number of amides is 2. The van der Waals surface area contributed by atoms with Gasteiger partial charge < -0.3 is 10.6 Å². The molecule has 7 heteroatoms. The Balaban J connectivity index is 1.53. The van der Waals surface area contributed by atoms with Crippen molar-refractivity contribution in [1.82, 2.24) is 19.9 Å². The fraction of sp³-hybridized carbons (Fsp3) is 0.375. The third kappa shape index (κ3) is 3.74. The molecule has 120 valence electrons. The molecule has 1 aliphatic rings. The van der Waals surface area contributed by atoms with Crippen LogP contribution in [0.15, 0.2) is 36.5 Å². The Hall–Kier alpha value is -2.70. The van der Waals surface area contributed by atoms with Gasteiger partial charge in [-0.1, -0.05) is 35.5 Å². The summed E-state index contributed by atoms with van der Waals surface area (Å²) in [5.74, 6) is -0.245. The van der Waals surface area contributed by atoms with Crippen molar-refractivity contribution in [3.05, 3.63) is 47.8 Å². The van der Waals surface area contributed by atoms with Crippen LogP contribution in [0, 0.1) is 5.92 Å². The molecule has 0 spiro atoms. The second-order valence-electron chi connectivity index (χ2n) is 5.84. The first-order chi connectivity index (χ1) is 11.1. The van der Waals surface area contributed by atoms with Crippen molar-refractivity contribution in [2.75, 3.05) is 13.1 Å². The second-order valence-corrected chi connectivity index (χ2v) is 5.84. The predicted octanol–water partition coefficient (Wildman–Crippen LogP) is 0.468. The quantitative estimate of drug-likeness (QED) is 0.838. The van der Waals surface area contributed by atoms with Gasteiger partial charge in [0, 0.05) is 32.0 Å². The molecule has 2 N–H and O–H groups in total. The highest BCUT2D eigenvalue weighted by molar-refractivity contribution is 5.90. The molecular weight excluding hydrogens is 294 g/mol. The maximum Gasteiger partial charge on any atom is 0.270 e. The van der Waals surface area contributed by atoms with Gasteiger partial charge in [0.1, 0.15) is 0 Å². The van der Waals surface area contributed by atoms with Crippen molar-refractivity contribution in [3.63, 3.8) is 0 Å². The van der Waals surface area contributed by atoms with Crippen LogP contribution in [0.4, 0.5) is 0 Å². The van der Waals surface area contributed by atoms with Crippen LogP contribution in [0.5, 0.6) is 0 Å². The average Bonchev–Trinajstić information content (AvgIpc) is 3.14. The van der Waals surface area contributed by atoms with Gasteiger partial charge in [-0.25, -0.2) is 0 Å². The van der Waals surface area contributed by atoms with Crippen LogP contribution in [0.25, 0.3) is 0 Å². The lowest BCUT2D eigenvalue weighted by atomic mass is 10.1. The SMILES string of the molecule is NC(=O)c1cn(CC2CC(=O)N(CCc3ccccc3)C2)nn1. The van der Waals surface area contributed by atoms with Gasteiger partial charge in [0.25, 0.3) is 5.91 Å². The molecule has 1 unspecified atom stereocenters. The summed E-state index contributed by atoms with van der Waals surface area (Å²) in [6.45, 7) is 1.99. The molecule has 1 aromatic heterocycles. The van der Waals surface area contributed by atoms with Crippen LogP contribution < -0.4 is 5.73 Å². The van der Waals surface area contributed by atoms with Crippen molar-refractivity contribution in [2.24, 2.45) is 11.7 Å². The molecule has 0 saturated carbocycles. The third-order valence-corrected chi connectivity index (χ3v) is 4.04. The average molecular weight is 313 g/mol. The molecule has 0 radical (unpaired) electrons. The lowest BCUT2D eigenvalue weighted by Crippen LogP contribution is -2.28. The highest BCUT2D eigenvalue weighted by Gasteiger charge is 2.29. The molecule has 23 heavy (non-hydrogen) atoms.